The molecule has 0 radical (unpaired) electrons. The van der Waals surface area contributed by atoms with Gasteiger partial charge in [-0.05, 0) is 36.8 Å². The van der Waals surface area contributed by atoms with Crippen molar-refractivity contribution in [3.8, 4) is 5.75 Å². The first-order chi connectivity index (χ1) is 14.9. The number of pyridine rings is 1. The maximum Gasteiger partial charge on any atom is 0.270 e. The van der Waals surface area contributed by atoms with E-state index in [0.29, 0.717) is 34.4 Å². The molecule has 0 saturated heterocycles. The highest BCUT2D eigenvalue weighted by atomic mass is 16.6. The smallest absolute Gasteiger partial charge is 0.270 e. The van der Waals surface area contributed by atoms with Crippen LogP contribution in [0.2, 0.25) is 0 Å². The molecule has 0 bridgehead atoms. The standard InChI is InChI=1S/C22H19N3O6/c1-2-9-23-18-11-15(3-7-20(18)31-13-22(23)28)19(26)12-24-17-6-5-16(25(29)30)10-14(17)4-8-21(24)27/h3-8,10-11H,2,9,12-13H2,1H3. The molecule has 0 spiro atoms. The number of nitrogens with zero attached hydrogens (tertiary/aromatic N) is 3. The van der Waals surface area contributed by atoms with Crippen LogP contribution in [0.25, 0.3) is 10.9 Å². The van der Waals surface area contributed by atoms with Crippen LogP contribution < -0.4 is 15.2 Å². The quantitative estimate of drug-likeness (QED) is 0.344. The Morgan fingerprint density at radius 1 is 1.13 bits per heavy atom. The minimum absolute atomic E-state index is 0.0438. The lowest BCUT2D eigenvalue weighted by Crippen LogP contribution is -2.39. The molecule has 0 saturated carbocycles. The number of nitro benzene ring substituents is 1. The summed E-state index contributed by atoms with van der Waals surface area (Å²) in [6, 6.07) is 11.7. The molecule has 1 aliphatic heterocycles. The van der Waals surface area contributed by atoms with E-state index in [4.69, 9.17) is 4.74 Å². The summed E-state index contributed by atoms with van der Waals surface area (Å²) in [5, 5.41) is 11.5. The van der Waals surface area contributed by atoms with E-state index < -0.39 is 10.5 Å². The minimum atomic E-state index is -0.515. The van der Waals surface area contributed by atoms with E-state index in [1.54, 1.807) is 23.1 Å². The summed E-state index contributed by atoms with van der Waals surface area (Å²) < 4.78 is 6.74. The lowest BCUT2D eigenvalue weighted by molar-refractivity contribution is -0.384. The van der Waals surface area contributed by atoms with E-state index in [1.807, 2.05) is 6.92 Å². The predicted octanol–water partition coefficient (Wildman–Crippen LogP) is 2.93. The molecule has 4 rings (SSSR count). The summed E-state index contributed by atoms with van der Waals surface area (Å²) in [5.74, 6) is 0.0234. The van der Waals surface area contributed by atoms with Gasteiger partial charge in [-0.3, -0.25) is 24.5 Å². The highest BCUT2D eigenvalue weighted by Crippen LogP contribution is 2.33. The number of Topliss-reactive ketones (excluding diaryl/α,β-unsaturated/α-hetero) is 1. The van der Waals surface area contributed by atoms with Crippen LogP contribution in [0.3, 0.4) is 0 Å². The molecule has 1 aromatic heterocycles. The molecule has 2 heterocycles. The first-order valence-corrected chi connectivity index (χ1v) is 9.77. The fourth-order valence-electron chi connectivity index (χ4n) is 3.65. The summed E-state index contributed by atoms with van der Waals surface area (Å²) in [7, 11) is 0. The molecule has 0 atom stereocenters. The monoisotopic (exact) mass is 421 g/mol. The number of ketones is 1. The fourth-order valence-corrected chi connectivity index (χ4v) is 3.65. The lowest BCUT2D eigenvalue weighted by Gasteiger charge is -2.29. The van der Waals surface area contributed by atoms with Gasteiger partial charge in [0.15, 0.2) is 12.4 Å². The maximum absolute atomic E-state index is 13.0. The van der Waals surface area contributed by atoms with Crippen molar-refractivity contribution in [1.29, 1.82) is 0 Å². The van der Waals surface area contributed by atoms with E-state index in [1.165, 1.54) is 34.9 Å². The Labute approximate surface area is 176 Å². The van der Waals surface area contributed by atoms with E-state index in [-0.39, 0.29) is 30.5 Å². The Balaban J connectivity index is 1.70. The number of ether oxygens (including phenoxy) is 1. The first kappa shape index (κ1) is 20.3. The van der Waals surface area contributed by atoms with Gasteiger partial charge in [-0.15, -0.1) is 0 Å². The Bertz CT molecular complexity index is 1280. The molecule has 2 aromatic carbocycles. The zero-order chi connectivity index (χ0) is 22.1. The highest BCUT2D eigenvalue weighted by molar-refractivity contribution is 6.02. The molecule has 31 heavy (non-hydrogen) atoms. The summed E-state index contributed by atoms with van der Waals surface area (Å²) in [4.78, 5) is 49.7. The zero-order valence-corrected chi connectivity index (χ0v) is 16.7. The average molecular weight is 421 g/mol. The number of aromatic nitrogens is 1. The first-order valence-electron chi connectivity index (χ1n) is 9.77. The van der Waals surface area contributed by atoms with Crippen LogP contribution in [-0.4, -0.2) is 34.3 Å². The number of rotatable bonds is 6. The molecule has 158 valence electrons. The SMILES string of the molecule is CCCN1C(=O)COc2ccc(C(=O)Cn3c(=O)ccc4cc([N+](=O)[O-])ccc43)cc21. The van der Waals surface area contributed by atoms with Crippen LogP contribution in [0.5, 0.6) is 5.75 Å². The number of carbonyl (C=O) groups is 2. The number of non-ortho nitro benzene ring substituents is 1. The number of anilines is 1. The van der Waals surface area contributed by atoms with Crippen LogP contribution in [0, 0.1) is 10.1 Å². The number of amides is 1. The third kappa shape index (κ3) is 3.77. The summed E-state index contributed by atoms with van der Waals surface area (Å²) in [6.07, 6.45) is 0.751. The Morgan fingerprint density at radius 3 is 2.68 bits per heavy atom. The Hall–Kier alpha value is -4.01. The molecule has 1 amide bonds. The van der Waals surface area contributed by atoms with Crippen molar-refractivity contribution in [3.63, 3.8) is 0 Å². The van der Waals surface area contributed by atoms with Gasteiger partial charge in [0.2, 0.25) is 0 Å². The van der Waals surface area contributed by atoms with Crippen molar-refractivity contribution >= 4 is 34.0 Å². The lowest BCUT2D eigenvalue weighted by atomic mass is 10.1. The topological polar surface area (TPSA) is 112 Å². The molecular weight excluding hydrogens is 402 g/mol. The predicted molar refractivity (Wildman–Crippen MR) is 114 cm³/mol. The largest absolute Gasteiger partial charge is 0.482 e. The second-order valence-corrected chi connectivity index (χ2v) is 7.20. The van der Waals surface area contributed by atoms with Crippen molar-refractivity contribution in [2.24, 2.45) is 0 Å². The number of carbonyl (C=O) groups excluding carboxylic acids is 2. The van der Waals surface area contributed by atoms with Crippen molar-refractivity contribution in [3.05, 3.63) is 74.6 Å². The number of hydrogen-bond donors (Lipinski definition) is 0. The number of nitro groups is 1. The van der Waals surface area contributed by atoms with Crippen LogP contribution in [0.1, 0.15) is 23.7 Å². The second-order valence-electron chi connectivity index (χ2n) is 7.20. The van der Waals surface area contributed by atoms with Crippen molar-refractivity contribution in [2.45, 2.75) is 19.9 Å². The minimum Gasteiger partial charge on any atom is -0.482 e. The van der Waals surface area contributed by atoms with Crippen LogP contribution in [0.4, 0.5) is 11.4 Å². The maximum atomic E-state index is 13.0. The molecule has 9 nitrogen and oxygen atoms in total. The Morgan fingerprint density at radius 2 is 1.94 bits per heavy atom. The van der Waals surface area contributed by atoms with Crippen LogP contribution in [0.15, 0.2) is 53.3 Å². The van der Waals surface area contributed by atoms with E-state index in [0.717, 1.165) is 6.42 Å². The van der Waals surface area contributed by atoms with Gasteiger partial charge in [-0.25, -0.2) is 0 Å². The Kier molecular flexibility index (Phi) is 5.24. The van der Waals surface area contributed by atoms with Crippen molar-refractivity contribution in [1.82, 2.24) is 4.57 Å². The second kappa shape index (κ2) is 8.02. The number of fused-ring (bicyclic) bond motifs is 2. The van der Waals surface area contributed by atoms with Gasteiger partial charge in [0.25, 0.3) is 17.2 Å². The third-order valence-corrected chi connectivity index (χ3v) is 5.16. The van der Waals surface area contributed by atoms with Crippen molar-refractivity contribution in [2.75, 3.05) is 18.1 Å². The van der Waals surface area contributed by atoms with Gasteiger partial charge in [-0.2, -0.15) is 0 Å². The fraction of sp³-hybridized carbons (Fsp3) is 0.227. The highest BCUT2D eigenvalue weighted by Gasteiger charge is 2.26. The van der Waals surface area contributed by atoms with Gasteiger partial charge in [0.1, 0.15) is 5.75 Å². The van der Waals surface area contributed by atoms with E-state index in [9.17, 15) is 24.5 Å². The molecule has 0 N–H and O–H groups in total. The van der Waals surface area contributed by atoms with Gasteiger partial charge in [-0.1, -0.05) is 6.92 Å². The van der Waals surface area contributed by atoms with Gasteiger partial charge in [0, 0.05) is 35.7 Å². The molecule has 0 aliphatic carbocycles. The van der Waals surface area contributed by atoms with Crippen LogP contribution in [-0.2, 0) is 11.3 Å². The van der Waals surface area contributed by atoms with Crippen molar-refractivity contribution < 1.29 is 19.2 Å². The van der Waals surface area contributed by atoms with Gasteiger partial charge in [0.05, 0.1) is 22.7 Å². The molecule has 0 unspecified atom stereocenters. The molecule has 3 aromatic rings. The van der Waals surface area contributed by atoms with E-state index in [2.05, 4.69) is 0 Å². The molecule has 1 aliphatic rings. The number of hydrogen-bond acceptors (Lipinski definition) is 6. The number of benzene rings is 2. The zero-order valence-electron chi connectivity index (χ0n) is 16.7. The van der Waals surface area contributed by atoms with Gasteiger partial charge >= 0.3 is 0 Å². The van der Waals surface area contributed by atoms with Gasteiger partial charge < -0.3 is 14.2 Å². The average Bonchev–Trinajstić information content (AvgIpc) is 2.77. The molecule has 0 fully saturated rings. The normalized spacial score (nSPS) is 13.1. The molecule has 9 heteroatoms. The third-order valence-electron chi connectivity index (χ3n) is 5.16. The van der Waals surface area contributed by atoms with E-state index >= 15 is 0 Å². The molecular formula is C22H19N3O6. The summed E-state index contributed by atoms with van der Waals surface area (Å²) >= 11 is 0. The summed E-state index contributed by atoms with van der Waals surface area (Å²) in [6.45, 7) is 2.18. The van der Waals surface area contributed by atoms with Crippen LogP contribution >= 0.6 is 0 Å². The summed E-state index contributed by atoms with van der Waals surface area (Å²) in [5.41, 5.74) is 0.808.